The molecule has 0 aromatic heterocycles. The molecule has 14 heavy (non-hydrogen) atoms. The van der Waals surface area contributed by atoms with Crippen molar-refractivity contribution in [3.8, 4) is 0 Å². The van der Waals surface area contributed by atoms with Crippen molar-refractivity contribution in [2.24, 2.45) is 5.92 Å². The van der Waals surface area contributed by atoms with E-state index in [2.05, 4.69) is 5.32 Å². The first kappa shape index (κ1) is 12.7. The van der Waals surface area contributed by atoms with Gasteiger partial charge in [-0.25, -0.2) is 4.79 Å². The van der Waals surface area contributed by atoms with E-state index in [9.17, 15) is 9.59 Å². The van der Waals surface area contributed by atoms with Crippen molar-refractivity contribution in [3.63, 3.8) is 0 Å². The molecule has 0 aliphatic rings. The molecule has 4 heteroatoms. The van der Waals surface area contributed by atoms with Crippen LogP contribution in [0.3, 0.4) is 0 Å². The Morgan fingerprint density at radius 3 is 2.36 bits per heavy atom. The molecule has 0 atom stereocenters. The van der Waals surface area contributed by atoms with Gasteiger partial charge in [0.1, 0.15) is 5.70 Å². The molecule has 0 spiro atoms. The number of carbonyl (C=O) groups excluding carboxylic acids is 1. The highest BCUT2D eigenvalue weighted by atomic mass is 16.4. The number of hydrogen-bond donors (Lipinski definition) is 2. The first-order valence-electron chi connectivity index (χ1n) is 4.66. The summed E-state index contributed by atoms with van der Waals surface area (Å²) >= 11 is 0. The summed E-state index contributed by atoms with van der Waals surface area (Å²) in [5.74, 6) is -0.903. The predicted octanol–water partition coefficient (Wildman–Crippen LogP) is 1.53. The molecule has 80 valence electrons. The lowest BCUT2D eigenvalue weighted by Crippen LogP contribution is -2.27. The summed E-state index contributed by atoms with van der Waals surface area (Å²) in [5, 5.41) is 11.0. The molecule has 0 bridgehead atoms. The highest BCUT2D eigenvalue weighted by Crippen LogP contribution is 2.03. The number of rotatable bonds is 5. The van der Waals surface area contributed by atoms with E-state index in [-0.39, 0.29) is 11.6 Å². The van der Waals surface area contributed by atoms with E-state index in [4.69, 9.17) is 5.11 Å². The summed E-state index contributed by atoms with van der Waals surface area (Å²) < 4.78 is 0. The monoisotopic (exact) mass is 199 g/mol. The Balaban J connectivity index is 3.99. The second kappa shape index (κ2) is 6.18. The molecule has 0 saturated heterocycles. The Hall–Kier alpha value is -1.32. The van der Waals surface area contributed by atoms with Crippen molar-refractivity contribution in [2.75, 3.05) is 0 Å². The second-order valence-electron chi connectivity index (χ2n) is 3.49. The molecule has 0 fully saturated rings. The van der Waals surface area contributed by atoms with Gasteiger partial charge in [0.25, 0.3) is 0 Å². The van der Waals surface area contributed by atoms with E-state index in [1.807, 2.05) is 13.8 Å². The van der Waals surface area contributed by atoms with Crippen molar-refractivity contribution in [1.82, 2.24) is 5.32 Å². The average Bonchev–Trinajstić information content (AvgIpc) is 2.10. The molecule has 0 rings (SSSR count). The Bertz CT molecular complexity index is 244. The average molecular weight is 199 g/mol. The smallest absolute Gasteiger partial charge is 0.352 e. The van der Waals surface area contributed by atoms with E-state index in [1.165, 1.54) is 6.08 Å². The minimum atomic E-state index is -1.11. The summed E-state index contributed by atoms with van der Waals surface area (Å²) in [5.41, 5.74) is -0.0567. The molecule has 4 nitrogen and oxygen atoms in total. The maximum atomic E-state index is 11.2. The lowest BCUT2D eigenvalue weighted by molar-refractivity contribution is -0.134. The Morgan fingerprint density at radius 2 is 2.00 bits per heavy atom. The topological polar surface area (TPSA) is 66.4 Å². The number of nitrogens with one attached hydrogen (secondary N) is 1. The van der Waals surface area contributed by atoms with Crippen LogP contribution in [-0.2, 0) is 9.59 Å². The number of allylic oxidation sites excluding steroid dienone is 1. The number of amides is 1. The standard InChI is InChI=1S/C10H17NO3/c1-4-8(10(13)14)11-9(12)6-5-7(2)3/h4,7H,5-6H2,1-3H3,(H,11,12)(H,13,14)/b8-4-. The number of aliphatic carboxylic acids is 1. The van der Waals surface area contributed by atoms with Crippen LogP contribution in [0.4, 0.5) is 0 Å². The third kappa shape index (κ3) is 5.35. The summed E-state index contributed by atoms with van der Waals surface area (Å²) in [7, 11) is 0. The largest absolute Gasteiger partial charge is 0.477 e. The van der Waals surface area contributed by atoms with Crippen LogP contribution in [0.15, 0.2) is 11.8 Å². The maximum Gasteiger partial charge on any atom is 0.352 e. The highest BCUT2D eigenvalue weighted by Gasteiger charge is 2.10. The van der Waals surface area contributed by atoms with Gasteiger partial charge in [-0.1, -0.05) is 19.9 Å². The van der Waals surface area contributed by atoms with Gasteiger partial charge < -0.3 is 10.4 Å². The Labute approximate surface area is 84.0 Å². The van der Waals surface area contributed by atoms with Crippen LogP contribution in [0.25, 0.3) is 0 Å². The molecule has 0 radical (unpaired) electrons. The van der Waals surface area contributed by atoms with Crippen molar-refractivity contribution in [3.05, 3.63) is 11.8 Å². The van der Waals surface area contributed by atoms with Crippen molar-refractivity contribution in [1.29, 1.82) is 0 Å². The van der Waals surface area contributed by atoms with Crippen LogP contribution < -0.4 is 5.32 Å². The van der Waals surface area contributed by atoms with Gasteiger partial charge in [0.2, 0.25) is 5.91 Å². The number of carboxylic acid groups (broad SMARTS) is 1. The quantitative estimate of drug-likeness (QED) is 0.660. The molecule has 0 aliphatic heterocycles. The fourth-order valence-corrected chi connectivity index (χ4v) is 0.882. The summed E-state index contributed by atoms with van der Waals surface area (Å²) in [6, 6.07) is 0. The van der Waals surface area contributed by atoms with Crippen molar-refractivity contribution in [2.45, 2.75) is 33.6 Å². The maximum absolute atomic E-state index is 11.2. The summed E-state index contributed by atoms with van der Waals surface area (Å²) in [6.07, 6.45) is 2.50. The normalized spacial score (nSPS) is 11.6. The van der Waals surface area contributed by atoms with E-state index in [0.29, 0.717) is 12.3 Å². The van der Waals surface area contributed by atoms with Crippen LogP contribution >= 0.6 is 0 Å². The van der Waals surface area contributed by atoms with E-state index >= 15 is 0 Å². The fourth-order valence-electron chi connectivity index (χ4n) is 0.882. The number of carbonyl (C=O) groups is 2. The third-order valence-corrected chi connectivity index (χ3v) is 1.74. The number of carboxylic acids is 1. The van der Waals surface area contributed by atoms with Gasteiger partial charge in [0, 0.05) is 6.42 Å². The summed E-state index contributed by atoms with van der Waals surface area (Å²) in [4.78, 5) is 21.7. The van der Waals surface area contributed by atoms with E-state index in [1.54, 1.807) is 6.92 Å². The molecule has 0 aromatic carbocycles. The van der Waals surface area contributed by atoms with Crippen LogP contribution in [0.5, 0.6) is 0 Å². The molecular weight excluding hydrogens is 182 g/mol. The lowest BCUT2D eigenvalue weighted by atomic mass is 10.1. The van der Waals surface area contributed by atoms with Crippen LogP contribution in [-0.4, -0.2) is 17.0 Å². The molecule has 0 heterocycles. The zero-order valence-corrected chi connectivity index (χ0v) is 8.83. The van der Waals surface area contributed by atoms with Crippen LogP contribution in [0.2, 0.25) is 0 Å². The molecule has 0 aliphatic carbocycles. The predicted molar refractivity (Wildman–Crippen MR) is 53.6 cm³/mol. The van der Waals surface area contributed by atoms with Gasteiger partial charge in [-0.15, -0.1) is 0 Å². The van der Waals surface area contributed by atoms with Crippen molar-refractivity contribution >= 4 is 11.9 Å². The van der Waals surface area contributed by atoms with Gasteiger partial charge in [-0.2, -0.15) is 0 Å². The minimum Gasteiger partial charge on any atom is -0.477 e. The molecule has 1 amide bonds. The van der Waals surface area contributed by atoms with E-state index < -0.39 is 5.97 Å². The lowest BCUT2D eigenvalue weighted by Gasteiger charge is -2.06. The van der Waals surface area contributed by atoms with Gasteiger partial charge in [-0.3, -0.25) is 4.79 Å². The molecule has 0 saturated carbocycles. The zero-order valence-electron chi connectivity index (χ0n) is 8.83. The second-order valence-corrected chi connectivity index (χ2v) is 3.49. The Morgan fingerprint density at radius 1 is 1.43 bits per heavy atom. The van der Waals surface area contributed by atoms with Gasteiger partial charge in [0.05, 0.1) is 0 Å². The van der Waals surface area contributed by atoms with Gasteiger partial charge in [-0.05, 0) is 19.3 Å². The van der Waals surface area contributed by atoms with Gasteiger partial charge in [0.15, 0.2) is 0 Å². The minimum absolute atomic E-state index is 0.0567. The zero-order chi connectivity index (χ0) is 11.1. The molecule has 0 unspecified atom stereocenters. The molecule has 2 N–H and O–H groups in total. The third-order valence-electron chi connectivity index (χ3n) is 1.74. The fraction of sp³-hybridized carbons (Fsp3) is 0.600. The van der Waals surface area contributed by atoms with E-state index in [0.717, 1.165) is 6.42 Å². The van der Waals surface area contributed by atoms with Crippen LogP contribution in [0.1, 0.15) is 33.6 Å². The van der Waals surface area contributed by atoms with Gasteiger partial charge >= 0.3 is 5.97 Å². The first-order valence-corrected chi connectivity index (χ1v) is 4.66. The highest BCUT2D eigenvalue weighted by molar-refractivity contribution is 5.92. The summed E-state index contributed by atoms with van der Waals surface area (Å²) in [6.45, 7) is 5.61. The number of hydrogen-bond acceptors (Lipinski definition) is 2. The Kier molecular flexibility index (Phi) is 5.60. The molecular formula is C10H17NO3. The SMILES string of the molecule is C/C=C(\NC(=O)CCC(C)C)C(=O)O. The van der Waals surface area contributed by atoms with Crippen molar-refractivity contribution < 1.29 is 14.7 Å². The first-order chi connectivity index (χ1) is 6.47. The van der Waals surface area contributed by atoms with Crippen LogP contribution in [0, 0.1) is 5.92 Å². The molecule has 0 aromatic rings.